The Hall–Kier alpha value is -3.44. The standard InChI is InChI=1S/C25H36N6O5/c1-25(2,19-6-4-3-5-7-19)17-27-22(32)16-31(9-8-30-10-12-36-13-11-30)23(33)21(29-24(34)35)14-20-15-26-18-28-20/h3-7,15,18,21,29H,8-14,16-17H2,1-2H3,(H,26,28)(H,27,32)(H,34,35)/t21-/m0/s1. The largest absolute Gasteiger partial charge is 0.465 e. The first-order chi connectivity index (χ1) is 17.2. The molecule has 1 aliphatic rings. The summed E-state index contributed by atoms with van der Waals surface area (Å²) in [5.74, 6) is -0.769. The van der Waals surface area contributed by atoms with Crippen molar-refractivity contribution < 1.29 is 24.2 Å². The maximum atomic E-state index is 13.5. The number of carboxylic acid groups (broad SMARTS) is 1. The third-order valence-corrected chi connectivity index (χ3v) is 6.28. The number of hydrogen-bond donors (Lipinski definition) is 4. The summed E-state index contributed by atoms with van der Waals surface area (Å²) in [5, 5.41) is 14.6. The molecule has 4 N–H and O–H groups in total. The van der Waals surface area contributed by atoms with Gasteiger partial charge in [-0.15, -0.1) is 0 Å². The number of amides is 3. The fourth-order valence-corrected chi connectivity index (χ4v) is 4.08. The number of aromatic amines is 1. The average molecular weight is 501 g/mol. The van der Waals surface area contributed by atoms with E-state index in [1.165, 1.54) is 11.2 Å². The predicted octanol–water partition coefficient (Wildman–Crippen LogP) is 0.843. The van der Waals surface area contributed by atoms with Crippen molar-refractivity contribution in [1.82, 2.24) is 30.4 Å². The van der Waals surface area contributed by atoms with E-state index in [0.29, 0.717) is 32.0 Å². The summed E-state index contributed by atoms with van der Waals surface area (Å²) in [6, 6.07) is 8.83. The number of morpholine rings is 1. The molecule has 36 heavy (non-hydrogen) atoms. The highest BCUT2D eigenvalue weighted by atomic mass is 16.5. The molecule has 1 aromatic carbocycles. The van der Waals surface area contributed by atoms with Crippen molar-refractivity contribution in [3.63, 3.8) is 0 Å². The van der Waals surface area contributed by atoms with Gasteiger partial charge in [-0.05, 0) is 5.56 Å². The average Bonchev–Trinajstić information content (AvgIpc) is 3.38. The zero-order chi connectivity index (χ0) is 26.0. The quantitative estimate of drug-likeness (QED) is 0.339. The molecule has 0 saturated carbocycles. The van der Waals surface area contributed by atoms with E-state index < -0.39 is 18.0 Å². The molecule has 196 valence electrons. The first kappa shape index (κ1) is 27.2. The van der Waals surface area contributed by atoms with E-state index in [2.05, 4.69) is 25.5 Å². The molecule has 0 bridgehead atoms. The lowest BCUT2D eigenvalue weighted by Gasteiger charge is -2.32. The Labute approximate surface area is 211 Å². The fourth-order valence-electron chi connectivity index (χ4n) is 4.08. The summed E-state index contributed by atoms with van der Waals surface area (Å²) in [7, 11) is 0. The number of H-pyrrole nitrogens is 1. The van der Waals surface area contributed by atoms with Gasteiger partial charge in [-0.25, -0.2) is 9.78 Å². The van der Waals surface area contributed by atoms with Crippen LogP contribution in [0, 0.1) is 0 Å². The fraction of sp³-hybridized carbons (Fsp3) is 0.520. The minimum Gasteiger partial charge on any atom is -0.465 e. The third kappa shape index (κ3) is 8.35. The van der Waals surface area contributed by atoms with Gasteiger partial charge >= 0.3 is 6.09 Å². The van der Waals surface area contributed by atoms with Gasteiger partial charge in [-0.3, -0.25) is 14.5 Å². The summed E-state index contributed by atoms with van der Waals surface area (Å²) < 4.78 is 5.39. The summed E-state index contributed by atoms with van der Waals surface area (Å²) >= 11 is 0. The van der Waals surface area contributed by atoms with Gasteiger partial charge in [0.2, 0.25) is 11.8 Å². The molecule has 1 saturated heterocycles. The highest BCUT2D eigenvalue weighted by Gasteiger charge is 2.29. The van der Waals surface area contributed by atoms with Crippen LogP contribution in [0.25, 0.3) is 0 Å². The van der Waals surface area contributed by atoms with E-state index in [0.717, 1.165) is 18.7 Å². The molecule has 1 atom stereocenters. The van der Waals surface area contributed by atoms with Gasteiger partial charge in [0.05, 0.1) is 31.8 Å². The Bertz CT molecular complexity index is 976. The molecule has 0 spiro atoms. The van der Waals surface area contributed by atoms with E-state index in [-0.39, 0.29) is 30.8 Å². The molecule has 3 amide bonds. The Morgan fingerprint density at radius 1 is 1.22 bits per heavy atom. The Morgan fingerprint density at radius 2 is 1.94 bits per heavy atom. The van der Waals surface area contributed by atoms with Crippen LogP contribution in [0.15, 0.2) is 42.9 Å². The highest BCUT2D eigenvalue weighted by molar-refractivity contribution is 5.89. The lowest BCUT2D eigenvalue weighted by atomic mass is 9.84. The van der Waals surface area contributed by atoms with Crippen molar-refractivity contribution in [3.05, 3.63) is 54.1 Å². The predicted molar refractivity (Wildman–Crippen MR) is 134 cm³/mol. The lowest BCUT2D eigenvalue weighted by Crippen LogP contribution is -2.54. The molecule has 0 radical (unpaired) electrons. The zero-order valence-electron chi connectivity index (χ0n) is 20.9. The number of aromatic nitrogens is 2. The SMILES string of the molecule is CC(C)(CNC(=O)CN(CCN1CCOCC1)C(=O)[C@H](Cc1c[nH]cn1)NC(=O)O)c1ccccc1. The molecule has 11 nitrogen and oxygen atoms in total. The van der Waals surface area contributed by atoms with Gasteiger partial charge in [0.1, 0.15) is 6.04 Å². The van der Waals surface area contributed by atoms with Crippen molar-refractivity contribution in [2.24, 2.45) is 0 Å². The zero-order valence-corrected chi connectivity index (χ0v) is 20.9. The van der Waals surface area contributed by atoms with Gasteiger partial charge in [0.15, 0.2) is 0 Å². The van der Waals surface area contributed by atoms with Crippen LogP contribution in [0.1, 0.15) is 25.1 Å². The van der Waals surface area contributed by atoms with Crippen LogP contribution in [-0.2, 0) is 26.2 Å². The summed E-state index contributed by atoms with van der Waals surface area (Å²) in [4.78, 5) is 48.4. The second kappa shape index (κ2) is 13.0. The summed E-state index contributed by atoms with van der Waals surface area (Å²) in [6.45, 7) is 7.86. The molecular weight excluding hydrogens is 464 g/mol. The van der Waals surface area contributed by atoms with E-state index in [9.17, 15) is 19.5 Å². The molecule has 3 rings (SSSR count). The molecule has 0 aliphatic carbocycles. The number of rotatable bonds is 12. The smallest absolute Gasteiger partial charge is 0.405 e. The number of carbonyl (C=O) groups excluding carboxylic acids is 2. The number of carbonyl (C=O) groups is 3. The lowest BCUT2D eigenvalue weighted by molar-refractivity contribution is -0.138. The summed E-state index contributed by atoms with van der Waals surface area (Å²) in [6.07, 6.45) is 1.84. The van der Waals surface area contributed by atoms with Crippen LogP contribution in [0.2, 0.25) is 0 Å². The first-order valence-corrected chi connectivity index (χ1v) is 12.1. The van der Waals surface area contributed by atoms with Crippen LogP contribution in [0.4, 0.5) is 4.79 Å². The van der Waals surface area contributed by atoms with Crippen LogP contribution in [0.3, 0.4) is 0 Å². The van der Waals surface area contributed by atoms with Crippen LogP contribution in [0.5, 0.6) is 0 Å². The number of nitrogens with zero attached hydrogens (tertiary/aromatic N) is 3. The monoisotopic (exact) mass is 500 g/mol. The van der Waals surface area contributed by atoms with E-state index in [1.54, 1.807) is 6.20 Å². The number of benzene rings is 1. The molecular formula is C25H36N6O5. The van der Waals surface area contributed by atoms with Crippen molar-refractivity contribution >= 4 is 17.9 Å². The normalized spacial score (nSPS) is 15.2. The number of ether oxygens (including phenoxy) is 1. The Balaban J connectivity index is 1.68. The van der Waals surface area contributed by atoms with Crippen molar-refractivity contribution in [1.29, 1.82) is 0 Å². The highest BCUT2D eigenvalue weighted by Crippen LogP contribution is 2.21. The maximum Gasteiger partial charge on any atom is 0.405 e. The van der Waals surface area contributed by atoms with Crippen molar-refractivity contribution in [2.75, 3.05) is 52.5 Å². The van der Waals surface area contributed by atoms with Crippen LogP contribution in [-0.4, -0.2) is 101 Å². The van der Waals surface area contributed by atoms with Crippen molar-refractivity contribution in [2.45, 2.75) is 31.7 Å². The Morgan fingerprint density at radius 3 is 2.58 bits per heavy atom. The maximum absolute atomic E-state index is 13.5. The topological polar surface area (TPSA) is 140 Å². The first-order valence-electron chi connectivity index (χ1n) is 12.1. The second-order valence-electron chi connectivity index (χ2n) is 9.51. The van der Waals surface area contributed by atoms with Crippen LogP contribution >= 0.6 is 0 Å². The van der Waals surface area contributed by atoms with Gasteiger partial charge in [-0.1, -0.05) is 44.2 Å². The number of nitrogens with one attached hydrogen (secondary N) is 3. The van der Waals surface area contributed by atoms with Gasteiger partial charge in [-0.2, -0.15) is 0 Å². The molecule has 1 aromatic heterocycles. The summed E-state index contributed by atoms with van der Waals surface area (Å²) in [5.41, 5.74) is 1.34. The molecule has 0 unspecified atom stereocenters. The molecule has 2 heterocycles. The van der Waals surface area contributed by atoms with Gasteiger partial charge in [0.25, 0.3) is 0 Å². The van der Waals surface area contributed by atoms with Crippen molar-refractivity contribution in [3.8, 4) is 0 Å². The minimum absolute atomic E-state index is 0.0747. The van der Waals surface area contributed by atoms with Crippen LogP contribution < -0.4 is 10.6 Å². The number of imidazole rings is 1. The van der Waals surface area contributed by atoms with E-state index in [1.807, 2.05) is 44.2 Å². The molecule has 2 aromatic rings. The molecule has 1 fully saturated rings. The Kier molecular flexibility index (Phi) is 9.83. The second-order valence-corrected chi connectivity index (χ2v) is 9.51. The minimum atomic E-state index is -1.31. The van der Waals surface area contributed by atoms with E-state index >= 15 is 0 Å². The molecule has 11 heteroatoms. The third-order valence-electron chi connectivity index (χ3n) is 6.28. The van der Waals surface area contributed by atoms with Gasteiger partial charge < -0.3 is 30.4 Å². The molecule has 1 aliphatic heterocycles. The van der Waals surface area contributed by atoms with Gasteiger partial charge in [0, 0.05) is 50.8 Å². The number of hydrogen-bond acceptors (Lipinski definition) is 6. The van der Waals surface area contributed by atoms with E-state index in [4.69, 9.17) is 4.74 Å².